The number of nitrogens with one attached hydrogen (secondary N) is 1. The molecule has 1 rings (SSSR count). The van der Waals surface area contributed by atoms with Gasteiger partial charge in [-0.1, -0.05) is 34.3 Å². The molecule has 1 heterocycles. The third kappa shape index (κ3) is 1.37. The summed E-state index contributed by atoms with van der Waals surface area (Å²) >= 11 is 0. The number of rotatable bonds is 2. The molecule has 1 aliphatic rings. The van der Waals surface area contributed by atoms with E-state index in [0.717, 1.165) is 24.8 Å². The summed E-state index contributed by atoms with van der Waals surface area (Å²) in [5, 5.41) is 3.38. The summed E-state index contributed by atoms with van der Waals surface area (Å²) in [5.74, 6) is 1.48. The van der Waals surface area contributed by atoms with Crippen LogP contribution in [0.1, 0.15) is 34.1 Å². The van der Waals surface area contributed by atoms with Crippen molar-refractivity contribution in [2.45, 2.75) is 34.1 Å². The molecule has 0 atom stereocenters. The SMILES string of the molecule is C=C1CC(C(C)C)(C(C)C)CN1. The largest absolute Gasteiger partial charge is 0.388 e. The molecule has 1 saturated heterocycles. The van der Waals surface area contributed by atoms with Crippen molar-refractivity contribution in [3.05, 3.63) is 12.3 Å². The highest BCUT2D eigenvalue weighted by molar-refractivity contribution is 5.09. The van der Waals surface area contributed by atoms with Crippen LogP contribution in [0.5, 0.6) is 0 Å². The van der Waals surface area contributed by atoms with Crippen molar-refractivity contribution in [2.24, 2.45) is 17.3 Å². The van der Waals surface area contributed by atoms with E-state index in [2.05, 4.69) is 39.6 Å². The molecule has 1 heteroatoms. The Labute approximate surface area is 76.2 Å². The minimum Gasteiger partial charge on any atom is -0.388 e. The van der Waals surface area contributed by atoms with Gasteiger partial charge in [0.05, 0.1) is 0 Å². The molecule has 0 amide bonds. The van der Waals surface area contributed by atoms with Crippen molar-refractivity contribution < 1.29 is 0 Å². The average Bonchev–Trinajstić information content (AvgIpc) is 2.32. The third-order valence-corrected chi connectivity index (χ3v) is 3.51. The van der Waals surface area contributed by atoms with Gasteiger partial charge in [0.15, 0.2) is 0 Å². The predicted molar refractivity (Wildman–Crippen MR) is 53.9 cm³/mol. The van der Waals surface area contributed by atoms with Crippen LogP contribution >= 0.6 is 0 Å². The van der Waals surface area contributed by atoms with E-state index in [1.165, 1.54) is 5.70 Å². The van der Waals surface area contributed by atoms with E-state index < -0.39 is 0 Å². The van der Waals surface area contributed by atoms with Crippen molar-refractivity contribution in [1.82, 2.24) is 5.32 Å². The number of hydrogen-bond acceptors (Lipinski definition) is 1. The number of allylic oxidation sites excluding steroid dienone is 1. The molecule has 0 unspecified atom stereocenters. The van der Waals surface area contributed by atoms with Crippen molar-refractivity contribution in [1.29, 1.82) is 0 Å². The molecular formula is C11H21N. The number of hydrogen-bond donors (Lipinski definition) is 1. The highest BCUT2D eigenvalue weighted by Crippen LogP contribution is 2.43. The average molecular weight is 167 g/mol. The second-order valence-electron chi connectivity index (χ2n) is 4.68. The van der Waals surface area contributed by atoms with Gasteiger partial charge in [0.2, 0.25) is 0 Å². The summed E-state index contributed by atoms with van der Waals surface area (Å²) in [6, 6.07) is 0. The van der Waals surface area contributed by atoms with Crippen LogP contribution in [-0.4, -0.2) is 6.54 Å². The van der Waals surface area contributed by atoms with Gasteiger partial charge in [0.1, 0.15) is 0 Å². The van der Waals surface area contributed by atoms with E-state index in [9.17, 15) is 0 Å². The predicted octanol–water partition coefficient (Wildman–Crippen LogP) is 2.79. The molecule has 0 saturated carbocycles. The fraction of sp³-hybridized carbons (Fsp3) is 0.818. The minimum atomic E-state index is 0.455. The van der Waals surface area contributed by atoms with E-state index in [0.29, 0.717) is 5.41 Å². The molecule has 0 aromatic heterocycles. The van der Waals surface area contributed by atoms with Gasteiger partial charge in [0.25, 0.3) is 0 Å². The topological polar surface area (TPSA) is 12.0 Å². The maximum Gasteiger partial charge on any atom is 0.0209 e. The molecule has 0 aromatic carbocycles. The first-order valence-corrected chi connectivity index (χ1v) is 4.90. The molecule has 0 aromatic rings. The van der Waals surface area contributed by atoms with Gasteiger partial charge in [-0.25, -0.2) is 0 Å². The van der Waals surface area contributed by atoms with Crippen LogP contribution in [0.3, 0.4) is 0 Å². The molecule has 0 aliphatic carbocycles. The Balaban J connectivity index is 2.81. The smallest absolute Gasteiger partial charge is 0.0209 e. The summed E-state index contributed by atoms with van der Waals surface area (Å²) in [6.45, 7) is 14.4. The molecule has 1 fully saturated rings. The fourth-order valence-corrected chi connectivity index (χ4v) is 2.30. The molecule has 0 bridgehead atoms. The molecule has 1 N–H and O–H groups in total. The molecule has 0 spiro atoms. The lowest BCUT2D eigenvalue weighted by molar-refractivity contribution is 0.141. The lowest BCUT2D eigenvalue weighted by atomic mass is 9.68. The standard InChI is InChI=1S/C11H21N/c1-8(2)11(9(3)4)6-10(5)12-7-11/h8-9,12H,5-7H2,1-4H3. The van der Waals surface area contributed by atoms with Crippen molar-refractivity contribution in [2.75, 3.05) is 6.54 Å². The zero-order valence-corrected chi connectivity index (χ0v) is 8.78. The maximum absolute atomic E-state index is 4.00. The van der Waals surface area contributed by atoms with Crippen LogP contribution in [0, 0.1) is 17.3 Å². The Morgan fingerprint density at radius 2 is 1.75 bits per heavy atom. The van der Waals surface area contributed by atoms with Gasteiger partial charge < -0.3 is 5.32 Å². The molecule has 12 heavy (non-hydrogen) atoms. The van der Waals surface area contributed by atoms with Crippen molar-refractivity contribution in [3.63, 3.8) is 0 Å². The van der Waals surface area contributed by atoms with E-state index in [1.807, 2.05) is 0 Å². The second-order valence-corrected chi connectivity index (χ2v) is 4.68. The molecule has 1 aliphatic heterocycles. The molecule has 70 valence electrons. The fourth-order valence-electron chi connectivity index (χ4n) is 2.30. The van der Waals surface area contributed by atoms with Gasteiger partial charge in [-0.2, -0.15) is 0 Å². The Morgan fingerprint density at radius 3 is 1.92 bits per heavy atom. The summed E-state index contributed by atoms with van der Waals surface area (Å²) < 4.78 is 0. The summed E-state index contributed by atoms with van der Waals surface area (Å²) in [6.07, 6.45) is 1.16. The Morgan fingerprint density at radius 1 is 1.25 bits per heavy atom. The lowest BCUT2D eigenvalue weighted by Gasteiger charge is -2.36. The quantitative estimate of drug-likeness (QED) is 0.667. The summed E-state index contributed by atoms with van der Waals surface area (Å²) in [4.78, 5) is 0. The van der Waals surface area contributed by atoms with E-state index in [-0.39, 0.29) is 0 Å². The van der Waals surface area contributed by atoms with Crippen LogP contribution in [-0.2, 0) is 0 Å². The summed E-state index contributed by atoms with van der Waals surface area (Å²) in [5.41, 5.74) is 1.68. The summed E-state index contributed by atoms with van der Waals surface area (Å²) in [7, 11) is 0. The van der Waals surface area contributed by atoms with Crippen LogP contribution in [0.25, 0.3) is 0 Å². The third-order valence-electron chi connectivity index (χ3n) is 3.51. The van der Waals surface area contributed by atoms with E-state index >= 15 is 0 Å². The van der Waals surface area contributed by atoms with Crippen molar-refractivity contribution in [3.8, 4) is 0 Å². The maximum atomic E-state index is 4.00. The Hall–Kier alpha value is -0.460. The van der Waals surface area contributed by atoms with Gasteiger partial charge in [-0.15, -0.1) is 0 Å². The van der Waals surface area contributed by atoms with E-state index in [1.54, 1.807) is 0 Å². The highest BCUT2D eigenvalue weighted by Gasteiger charge is 2.40. The zero-order chi connectivity index (χ0) is 9.35. The second kappa shape index (κ2) is 3.12. The first-order chi connectivity index (χ1) is 5.49. The Bertz CT molecular complexity index is 171. The van der Waals surface area contributed by atoms with Crippen LogP contribution < -0.4 is 5.32 Å². The first kappa shape index (κ1) is 9.63. The molecular weight excluding hydrogens is 146 g/mol. The van der Waals surface area contributed by atoms with Crippen LogP contribution in [0.2, 0.25) is 0 Å². The lowest BCUT2D eigenvalue weighted by Crippen LogP contribution is -2.35. The van der Waals surface area contributed by atoms with Crippen molar-refractivity contribution >= 4 is 0 Å². The van der Waals surface area contributed by atoms with E-state index in [4.69, 9.17) is 0 Å². The van der Waals surface area contributed by atoms with Crippen LogP contribution in [0.4, 0.5) is 0 Å². The van der Waals surface area contributed by atoms with Gasteiger partial charge >= 0.3 is 0 Å². The molecule has 0 radical (unpaired) electrons. The normalized spacial score (nSPS) is 22.0. The molecule has 1 nitrogen and oxygen atoms in total. The Kier molecular flexibility index (Phi) is 2.50. The van der Waals surface area contributed by atoms with Crippen LogP contribution in [0.15, 0.2) is 12.3 Å². The van der Waals surface area contributed by atoms with Gasteiger partial charge in [-0.3, -0.25) is 0 Å². The minimum absolute atomic E-state index is 0.455. The van der Waals surface area contributed by atoms with Gasteiger partial charge in [0, 0.05) is 12.2 Å². The highest BCUT2D eigenvalue weighted by atomic mass is 14.9. The zero-order valence-electron chi connectivity index (χ0n) is 8.78. The first-order valence-electron chi connectivity index (χ1n) is 4.90. The van der Waals surface area contributed by atoms with Gasteiger partial charge in [-0.05, 0) is 23.7 Å². The monoisotopic (exact) mass is 167 g/mol.